The van der Waals surface area contributed by atoms with E-state index in [2.05, 4.69) is 52.4 Å². The van der Waals surface area contributed by atoms with Crippen molar-refractivity contribution in [3.05, 3.63) is 30.3 Å². The summed E-state index contributed by atoms with van der Waals surface area (Å²) in [5, 5.41) is 3.05. The molecular weight excluding hydrogens is 314 g/mol. The van der Waals surface area contributed by atoms with Crippen LogP contribution in [-0.4, -0.2) is 62.3 Å². The van der Waals surface area contributed by atoms with Crippen molar-refractivity contribution in [3.63, 3.8) is 0 Å². The number of nitrogens with one attached hydrogen (secondary N) is 1. The minimum Gasteiger partial charge on any atom is -0.369 e. The van der Waals surface area contributed by atoms with E-state index in [0.717, 1.165) is 32.8 Å². The highest BCUT2D eigenvalue weighted by atomic mass is 16.5. The van der Waals surface area contributed by atoms with Crippen molar-refractivity contribution < 1.29 is 9.53 Å². The molecule has 0 spiro atoms. The third-order valence-corrected chi connectivity index (χ3v) is 5.28. The molecule has 3 rings (SSSR count). The first-order valence-corrected chi connectivity index (χ1v) is 9.57. The zero-order valence-corrected chi connectivity index (χ0v) is 15.5. The zero-order valence-electron chi connectivity index (χ0n) is 15.5. The van der Waals surface area contributed by atoms with Gasteiger partial charge in [0.15, 0.2) is 0 Å². The quantitative estimate of drug-likeness (QED) is 0.784. The summed E-state index contributed by atoms with van der Waals surface area (Å²) in [5.41, 5.74) is 1.30. The molecule has 2 atom stereocenters. The van der Waals surface area contributed by atoms with Gasteiger partial charge in [0, 0.05) is 44.5 Å². The molecule has 1 aromatic rings. The lowest BCUT2D eigenvalue weighted by atomic mass is 10.2. The van der Waals surface area contributed by atoms with Gasteiger partial charge in [-0.2, -0.15) is 0 Å². The number of ether oxygens (including phenoxy) is 1. The molecular formula is C20H31N3O2. The molecule has 25 heavy (non-hydrogen) atoms. The average Bonchev–Trinajstić information content (AvgIpc) is 3.49. The van der Waals surface area contributed by atoms with E-state index in [0.29, 0.717) is 18.5 Å². The Morgan fingerprint density at radius 3 is 2.48 bits per heavy atom. The van der Waals surface area contributed by atoms with Crippen LogP contribution < -0.4 is 10.2 Å². The maximum atomic E-state index is 12.1. The van der Waals surface area contributed by atoms with E-state index in [1.54, 1.807) is 0 Å². The SMILES string of the molecule is CC(OCC1CC1)C(=O)NCC(C)N1CCN(c2ccccc2)CC1. The molecule has 0 radical (unpaired) electrons. The fraction of sp³-hybridized carbons (Fsp3) is 0.650. The lowest BCUT2D eigenvalue weighted by Crippen LogP contribution is -2.53. The number of carbonyl (C=O) groups excluding carboxylic acids is 1. The number of hydrogen-bond acceptors (Lipinski definition) is 4. The molecule has 138 valence electrons. The number of para-hydroxylation sites is 1. The minimum absolute atomic E-state index is 0.00965. The van der Waals surface area contributed by atoms with E-state index >= 15 is 0 Å². The fourth-order valence-electron chi connectivity index (χ4n) is 3.22. The molecule has 2 unspecified atom stereocenters. The summed E-state index contributed by atoms with van der Waals surface area (Å²) in [4.78, 5) is 17.0. The van der Waals surface area contributed by atoms with Gasteiger partial charge in [0.25, 0.3) is 0 Å². The second kappa shape index (κ2) is 8.68. The number of nitrogens with zero attached hydrogens (tertiary/aromatic N) is 2. The summed E-state index contributed by atoms with van der Waals surface area (Å²) in [6.45, 7) is 9.56. The maximum Gasteiger partial charge on any atom is 0.248 e. The number of hydrogen-bond donors (Lipinski definition) is 1. The second-order valence-electron chi connectivity index (χ2n) is 7.37. The molecule has 1 aromatic carbocycles. The van der Waals surface area contributed by atoms with Crippen molar-refractivity contribution in [1.29, 1.82) is 0 Å². The zero-order chi connectivity index (χ0) is 17.6. The number of carbonyl (C=O) groups is 1. The monoisotopic (exact) mass is 345 g/mol. The molecule has 1 saturated heterocycles. The maximum absolute atomic E-state index is 12.1. The van der Waals surface area contributed by atoms with Crippen LogP contribution in [0.4, 0.5) is 5.69 Å². The van der Waals surface area contributed by atoms with Crippen LogP contribution in [-0.2, 0) is 9.53 Å². The van der Waals surface area contributed by atoms with Crippen LogP contribution in [0.3, 0.4) is 0 Å². The van der Waals surface area contributed by atoms with Crippen LogP contribution in [0.2, 0.25) is 0 Å². The Morgan fingerprint density at radius 1 is 1.16 bits per heavy atom. The summed E-state index contributed by atoms with van der Waals surface area (Å²) in [5.74, 6) is 0.700. The Kier molecular flexibility index (Phi) is 6.32. The smallest absolute Gasteiger partial charge is 0.248 e. The summed E-state index contributed by atoms with van der Waals surface area (Å²) in [7, 11) is 0. The predicted octanol–water partition coefficient (Wildman–Crippen LogP) is 2.13. The molecule has 1 amide bonds. The molecule has 5 heteroatoms. The number of piperazine rings is 1. The molecule has 0 aromatic heterocycles. The third-order valence-electron chi connectivity index (χ3n) is 5.28. The van der Waals surface area contributed by atoms with Crippen molar-refractivity contribution >= 4 is 11.6 Å². The first kappa shape index (κ1) is 18.2. The van der Waals surface area contributed by atoms with Gasteiger partial charge in [-0.15, -0.1) is 0 Å². The van der Waals surface area contributed by atoms with Crippen LogP contribution in [0.1, 0.15) is 26.7 Å². The molecule has 1 N–H and O–H groups in total. The van der Waals surface area contributed by atoms with E-state index in [9.17, 15) is 4.79 Å². The van der Waals surface area contributed by atoms with Gasteiger partial charge in [0.1, 0.15) is 6.10 Å². The Bertz CT molecular complexity index is 539. The third kappa shape index (κ3) is 5.44. The average molecular weight is 345 g/mol. The molecule has 2 fully saturated rings. The number of amides is 1. The van der Waals surface area contributed by atoms with E-state index < -0.39 is 0 Å². The Balaban J connectivity index is 1.36. The molecule has 1 aliphatic heterocycles. The molecule has 1 aliphatic carbocycles. The van der Waals surface area contributed by atoms with Gasteiger partial charge in [0.2, 0.25) is 5.91 Å². The summed E-state index contributed by atoms with van der Waals surface area (Å²) < 4.78 is 5.64. The first-order valence-electron chi connectivity index (χ1n) is 9.57. The van der Waals surface area contributed by atoms with Crippen molar-refractivity contribution in [2.24, 2.45) is 5.92 Å². The number of rotatable bonds is 8. The van der Waals surface area contributed by atoms with Crippen LogP contribution in [0.5, 0.6) is 0 Å². The Hall–Kier alpha value is -1.59. The highest BCUT2D eigenvalue weighted by Gasteiger charge is 2.25. The second-order valence-corrected chi connectivity index (χ2v) is 7.37. The van der Waals surface area contributed by atoms with Crippen molar-refractivity contribution in [1.82, 2.24) is 10.2 Å². The summed E-state index contributed by atoms with van der Waals surface area (Å²) in [6.07, 6.45) is 2.16. The van der Waals surface area contributed by atoms with E-state index in [1.165, 1.54) is 18.5 Å². The van der Waals surface area contributed by atoms with Crippen molar-refractivity contribution in [3.8, 4) is 0 Å². The van der Waals surface area contributed by atoms with Gasteiger partial charge in [0.05, 0.1) is 6.61 Å². The summed E-state index contributed by atoms with van der Waals surface area (Å²) >= 11 is 0. The fourth-order valence-corrected chi connectivity index (χ4v) is 3.22. The lowest BCUT2D eigenvalue weighted by molar-refractivity contribution is -0.132. The highest BCUT2D eigenvalue weighted by Crippen LogP contribution is 2.29. The van der Waals surface area contributed by atoms with E-state index in [-0.39, 0.29) is 12.0 Å². The molecule has 5 nitrogen and oxygen atoms in total. The van der Waals surface area contributed by atoms with Gasteiger partial charge in [-0.25, -0.2) is 0 Å². The van der Waals surface area contributed by atoms with Crippen molar-refractivity contribution in [2.75, 3.05) is 44.2 Å². The van der Waals surface area contributed by atoms with Crippen molar-refractivity contribution in [2.45, 2.75) is 38.8 Å². The van der Waals surface area contributed by atoms with Crippen LogP contribution >= 0.6 is 0 Å². The minimum atomic E-state index is -0.345. The van der Waals surface area contributed by atoms with E-state index in [1.807, 2.05) is 6.92 Å². The van der Waals surface area contributed by atoms with Crippen LogP contribution in [0.15, 0.2) is 30.3 Å². The van der Waals surface area contributed by atoms with Gasteiger partial charge in [-0.05, 0) is 44.7 Å². The summed E-state index contributed by atoms with van der Waals surface area (Å²) in [6, 6.07) is 10.9. The highest BCUT2D eigenvalue weighted by molar-refractivity contribution is 5.80. The van der Waals surface area contributed by atoms with E-state index in [4.69, 9.17) is 4.74 Å². The van der Waals surface area contributed by atoms with Gasteiger partial charge in [-0.1, -0.05) is 18.2 Å². The van der Waals surface area contributed by atoms with Crippen LogP contribution in [0, 0.1) is 5.92 Å². The normalized spacial score (nSPS) is 21.0. The van der Waals surface area contributed by atoms with Gasteiger partial charge < -0.3 is 15.0 Å². The standard InChI is InChI=1S/C20H31N3O2/c1-16(14-21-20(24)17(2)25-15-18-8-9-18)22-10-12-23(13-11-22)19-6-4-3-5-7-19/h3-7,16-18H,8-15H2,1-2H3,(H,21,24). The Morgan fingerprint density at radius 2 is 1.84 bits per heavy atom. The Labute approximate surface area is 151 Å². The van der Waals surface area contributed by atoms with Gasteiger partial charge >= 0.3 is 0 Å². The molecule has 2 aliphatic rings. The first-order chi connectivity index (χ1) is 12.1. The number of benzene rings is 1. The number of anilines is 1. The molecule has 1 heterocycles. The molecule has 1 saturated carbocycles. The predicted molar refractivity (Wildman–Crippen MR) is 101 cm³/mol. The topological polar surface area (TPSA) is 44.8 Å². The van der Waals surface area contributed by atoms with Crippen LogP contribution in [0.25, 0.3) is 0 Å². The largest absolute Gasteiger partial charge is 0.369 e. The molecule has 0 bridgehead atoms. The lowest BCUT2D eigenvalue weighted by Gasteiger charge is -2.39. The van der Waals surface area contributed by atoms with Gasteiger partial charge in [-0.3, -0.25) is 9.69 Å².